The normalized spacial score (nSPS) is 13.9. The molecule has 7 nitrogen and oxygen atoms in total. The summed E-state index contributed by atoms with van der Waals surface area (Å²) in [6.45, 7) is 5.72. The third-order valence-corrected chi connectivity index (χ3v) is 5.46. The molecule has 2 aromatic rings. The first-order chi connectivity index (χ1) is 16.8. The van der Waals surface area contributed by atoms with Crippen LogP contribution in [0.3, 0.4) is 0 Å². The van der Waals surface area contributed by atoms with E-state index in [0.29, 0.717) is 43.5 Å². The van der Waals surface area contributed by atoms with Crippen LogP contribution in [0.4, 0.5) is 24.5 Å². The van der Waals surface area contributed by atoms with Crippen LogP contribution in [0.5, 0.6) is 5.75 Å². The van der Waals surface area contributed by atoms with E-state index in [1.54, 1.807) is 19.0 Å². The Morgan fingerprint density at radius 3 is 2.51 bits per heavy atom. The largest absolute Gasteiger partial charge is 0.495 e. The Labute approximate surface area is 203 Å². The minimum atomic E-state index is -1.48. The Bertz CT molecular complexity index is 1100. The molecular formula is C25H31F3N6O. The molecule has 0 spiro atoms. The lowest BCUT2D eigenvalue weighted by atomic mass is 10.1. The minimum absolute atomic E-state index is 0.227. The van der Waals surface area contributed by atoms with Crippen molar-refractivity contribution < 1.29 is 17.9 Å². The lowest BCUT2D eigenvalue weighted by Crippen LogP contribution is -2.51. The van der Waals surface area contributed by atoms with Crippen LogP contribution in [-0.4, -0.2) is 56.5 Å². The van der Waals surface area contributed by atoms with Crippen molar-refractivity contribution in [3.05, 3.63) is 59.4 Å². The first kappa shape index (κ1) is 26.1. The van der Waals surface area contributed by atoms with Crippen molar-refractivity contribution in [3.63, 3.8) is 0 Å². The second-order valence-electron chi connectivity index (χ2n) is 8.14. The standard InChI is InChI=1S/C25H31F3N6O/c1-4-10-34-24(31-9-11-33(34)19-13-20(26)25(28)21(27)14-19)8-6-18-5-7-22(23(12-18)35-3)32(16-29)15-17(2)30/h5-8,12-14,30H,4,9-11,15-16,29H2,1-3H3. The van der Waals surface area contributed by atoms with Crippen molar-refractivity contribution in [2.75, 3.05) is 49.9 Å². The fraction of sp³-hybridized carbons (Fsp3) is 0.360. The van der Waals surface area contributed by atoms with Gasteiger partial charge < -0.3 is 20.8 Å². The quantitative estimate of drug-likeness (QED) is 0.294. The monoisotopic (exact) mass is 488 g/mol. The van der Waals surface area contributed by atoms with Gasteiger partial charge in [-0.1, -0.05) is 19.1 Å². The van der Waals surface area contributed by atoms with Gasteiger partial charge in [0, 0.05) is 24.4 Å². The van der Waals surface area contributed by atoms with Crippen LogP contribution in [-0.2, 0) is 0 Å². The number of nitrogens with two attached hydrogens (primary N) is 1. The molecule has 2 aromatic carbocycles. The van der Waals surface area contributed by atoms with Gasteiger partial charge in [0.05, 0.1) is 44.8 Å². The summed E-state index contributed by atoms with van der Waals surface area (Å²) in [6.07, 6.45) is 4.46. The summed E-state index contributed by atoms with van der Waals surface area (Å²) in [7, 11) is 1.57. The first-order valence-corrected chi connectivity index (χ1v) is 11.4. The van der Waals surface area contributed by atoms with E-state index < -0.39 is 17.5 Å². The molecule has 3 N–H and O–H groups in total. The highest BCUT2D eigenvalue weighted by Gasteiger charge is 2.24. The van der Waals surface area contributed by atoms with Crippen LogP contribution in [0.15, 0.2) is 41.4 Å². The average molecular weight is 489 g/mol. The van der Waals surface area contributed by atoms with Crippen molar-refractivity contribution in [2.24, 2.45) is 10.7 Å². The number of rotatable bonds is 10. The first-order valence-electron chi connectivity index (χ1n) is 11.4. The van der Waals surface area contributed by atoms with Gasteiger partial charge in [0.15, 0.2) is 17.5 Å². The van der Waals surface area contributed by atoms with Gasteiger partial charge in [-0.05, 0) is 37.1 Å². The maximum absolute atomic E-state index is 13.9. The molecule has 0 unspecified atom stereocenters. The van der Waals surface area contributed by atoms with E-state index in [2.05, 4.69) is 4.99 Å². The number of hydrogen-bond donors (Lipinski definition) is 2. The smallest absolute Gasteiger partial charge is 0.194 e. The summed E-state index contributed by atoms with van der Waals surface area (Å²) in [6, 6.07) is 7.65. The Kier molecular flexibility index (Phi) is 8.75. The number of methoxy groups -OCH3 is 1. The molecule has 1 aliphatic rings. The zero-order chi connectivity index (χ0) is 25.5. The Hall–Kier alpha value is -3.53. The fourth-order valence-corrected chi connectivity index (χ4v) is 3.89. The maximum Gasteiger partial charge on any atom is 0.194 e. The molecule has 188 valence electrons. The number of benzene rings is 2. The van der Waals surface area contributed by atoms with Gasteiger partial charge in [0.25, 0.3) is 0 Å². The number of hydrazine groups is 1. The van der Waals surface area contributed by atoms with Crippen molar-refractivity contribution in [1.29, 1.82) is 5.41 Å². The molecule has 0 atom stereocenters. The van der Waals surface area contributed by atoms with Crippen molar-refractivity contribution in [1.82, 2.24) is 5.01 Å². The maximum atomic E-state index is 13.9. The zero-order valence-corrected chi connectivity index (χ0v) is 20.2. The van der Waals surface area contributed by atoms with E-state index in [9.17, 15) is 13.2 Å². The fourth-order valence-electron chi connectivity index (χ4n) is 3.89. The topological polar surface area (TPSA) is 81.2 Å². The summed E-state index contributed by atoms with van der Waals surface area (Å²) in [4.78, 5) is 6.44. The molecule has 35 heavy (non-hydrogen) atoms. The molecule has 0 bridgehead atoms. The second-order valence-corrected chi connectivity index (χ2v) is 8.14. The minimum Gasteiger partial charge on any atom is -0.495 e. The highest BCUT2D eigenvalue weighted by Crippen LogP contribution is 2.30. The predicted molar refractivity (Wildman–Crippen MR) is 135 cm³/mol. The molecule has 1 heterocycles. The highest BCUT2D eigenvalue weighted by molar-refractivity contribution is 5.98. The van der Waals surface area contributed by atoms with Crippen molar-refractivity contribution in [2.45, 2.75) is 20.3 Å². The molecule has 10 heteroatoms. The van der Waals surface area contributed by atoms with E-state index in [-0.39, 0.29) is 12.4 Å². The molecule has 3 rings (SSSR count). The summed E-state index contributed by atoms with van der Waals surface area (Å²) >= 11 is 0. The Balaban J connectivity index is 1.88. The number of nitrogens with one attached hydrogen (secondary N) is 1. The van der Waals surface area contributed by atoms with E-state index >= 15 is 0 Å². The third-order valence-electron chi connectivity index (χ3n) is 5.46. The number of hydrogen-bond acceptors (Lipinski definition) is 7. The molecule has 0 saturated carbocycles. The molecule has 1 aliphatic heterocycles. The average Bonchev–Trinajstić information content (AvgIpc) is 2.84. The number of aliphatic imine (C=N–C) groups is 1. The van der Waals surface area contributed by atoms with Crippen LogP contribution in [0.1, 0.15) is 25.8 Å². The molecule has 0 radical (unpaired) electrons. The van der Waals surface area contributed by atoms with Crippen LogP contribution >= 0.6 is 0 Å². The van der Waals surface area contributed by atoms with Crippen LogP contribution in [0.25, 0.3) is 6.08 Å². The molecule has 0 amide bonds. The molecule has 0 aliphatic carbocycles. The second kappa shape index (κ2) is 11.7. The van der Waals surface area contributed by atoms with Crippen molar-refractivity contribution >= 4 is 29.0 Å². The van der Waals surface area contributed by atoms with E-state index in [1.807, 2.05) is 47.2 Å². The van der Waals surface area contributed by atoms with Gasteiger partial charge in [-0.15, -0.1) is 0 Å². The molecular weight excluding hydrogens is 457 g/mol. The van der Waals surface area contributed by atoms with Gasteiger partial charge in [-0.3, -0.25) is 15.0 Å². The van der Waals surface area contributed by atoms with Crippen molar-refractivity contribution in [3.8, 4) is 5.75 Å². The third kappa shape index (κ3) is 6.13. The van der Waals surface area contributed by atoms with Gasteiger partial charge in [0.2, 0.25) is 0 Å². The van der Waals surface area contributed by atoms with E-state index in [4.69, 9.17) is 15.9 Å². The zero-order valence-electron chi connectivity index (χ0n) is 20.2. The predicted octanol–water partition coefficient (Wildman–Crippen LogP) is 4.43. The Morgan fingerprint density at radius 1 is 1.20 bits per heavy atom. The molecule has 0 saturated heterocycles. The van der Waals surface area contributed by atoms with Gasteiger partial charge in [-0.2, -0.15) is 0 Å². The van der Waals surface area contributed by atoms with Crippen LogP contribution in [0, 0.1) is 22.9 Å². The van der Waals surface area contributed by atoms with Gasteiger partial charge in [-0.25, -0.2) is 13.2 Å². The molecule has 0 fully saturated rings. The van der Waals surface area contributed by atoms with Gasteiger partial charge >= 0.3 is 0 Å². The highest BCUT2D eigenvalue weighted by atomic mass is 19.2. The number of nitrogens with zero attached hydrogens (tertiary/aromatic N) is 4. The Morgan fingerprint density at radius 2 is 1.91 bits per heavy atom. The number of amidine groups is 1. The lowest BCUT2D eigenvalue weighted by Gasteiger charge is -2.40. The van der Waals surface area contributed by atoms with Gasteiger partial charge in [0.1, 0.15) is 11.6 Å². The van der Waals surface area contributed by atoms with Crippen LogP contribution in [0.2, 0.25) is 0 Å². The number of ether oxygens (including phenoxy) is 1. The summed E-state index contributed by atoms with van der Waals surface area (Å²) in [5, 5.41) is 11.3. The van der Waals surface area contributed by atoms with E-state index in [1.165, 1.54) is 0 Å². The number of halogens is 3. The van der Waals surface area contributed by atoms with E-state index in [0.717, 1.165) is 29.8 Å². The summed E-state index contributed by atoms with van der Waals surface area (Å²) in [5.41, 5.74) is 8.22. The lowest BCUT2D eigenvalue weighted by molar-refractivity contribution is 0.367. The van der Waals surface area contributed by atoms with Crippen LogP contribution < -0.4 is 20.4 Å². The number of anilines is 2. The summed E-state index contributed by atoms with van der Waals surface area (Å²) in [5.74, 6) is -2.70. The summed E-state index contributed by atoms with van der Waals surface area (Å²) < 4.78 is 46.8. The SMILES string of the molecule is CCCN1C(C=Cc2ccc(N(CN)CC(C)=N)c(OC)c2)=NCCN1c1cc(F)c(F)c(F)c1. The molecule has 0 aromatic heterocycles.